The lowest BCUT2D eigenvalue weighted by Gasteiger charge is -2.30. The normalized spacial score (nSPS) is 22.9. The number of benzene rings is 1. The average molecular weight is 265 g/mol. The molecule has 0 aromatic heterocycles. The summed E-state index contributed by atoms with van der Waals surface area (Å²) in [7, 11) is 5.13. The number of anilines is 1. The van der Waals surface area contributed by atoms with Gasteiger partial charge in [-0.05, 0) is 37.8 Å². The predicted molar refractivity (Wildman–Crippen MR) is 76.2 cm³/mol. The largest absolute Gasteiger partial charge is 0.497 e. The quantitative estimate of drug-likeness (QED) is 0.888. The van der Waals surface area contributed by atoms with Gasteiger partial charge in [0.2, 0.25) is 0 Å². The van der Waals surface area contributed by atoms with E-state index in [4.69, 9.17) is 14.2 Å². The molecule has 0 aliphatic heterocycles. The minimum absolute atomic E-state index is 0.371. The van der Waals surface area contributed by atoms with Gasteiger partial charge in [0.25, 0.3) is 0 Å². The SMILES string of the molecule is COc1ccc(NC2CCCC(OC)C2)c(OC)c1. The van der Waals surface area contributed by atoms with Crippen molar-refractivity contribution in [3.05, 3.63) is 18.2 Å². The van der Waals surface area contributed by atoms with Crippen LogP contribution in [0.25, 0.3) is 0 Å². The van der Waals surface area contributed by atoms with Crippen LogP contribution in [0.2, 0.25) is 0 Å². The molecule has 0 saturated heterocycles. The first-order chi connectivity index (χ1) is 9.26. The fourth-order valence-corrected chi connectivity index (χ4v) is 2.63. The summed E-state index contributed by atoms with van der Waals surface area (Å²) in [6, 6.07) is 6.30. The number of hydrogen-bond acceptors (Lipinski definition) is 4. The van der Waals surface area contributed by atoms with Gasteiger partial charge >= 0.3 is 0 Å². The maximum Gasteiger partial charge on any atom is 0.145 e. The minimum Gasteiger partial charge on any atom is -0.497 e. The second-order valence-corrected chi connectivity index (χ2v) is 4.93. The summed E-state index contributed by atoms with van der Waals surface area (Å²) in [5, 5.41) is 3.56. The van der Waals surface area contributed by atoms with Gasteiger partial charge < -0.3 is 19.5 Å². The van der Waals surface area contributed by atoms with E-state index in [0.29, 0.717) is 12.1 Å². The average Bonchev–Trinajstić information content (AvgIpc) is 2.48. The van der Waals surface area contributed by atoms with Gasteiger partial charge in [-0.3, -0.25) is 0 Å². The van der Waals surface area contributed by atoms with E-state index in [-0.39, 0.29) is 0 Å². The Morgan fingerprint density at radius 2 is 1.95 bits per heavy atom. The summed E-state index contributed by atoms with van der Waals surface area (Å²) >= 11 is 0. The van der Waals surface area contributed by atoms with Crippen molar-refractivity contribution in [1.82, 2.24) is 0 Å². The van der Waals surface area contributed by atoms with Gasteiger partial charge in [0.05, 0.1) is 26.0 Å². The van der Waals surface area contributed by atoms with Gasteiger partial charge in [-0.15, -0.1) is 0 Å². The smallest absolute Gasteiger partial charge is 0.145 e. The number of methoxy groups -OCH3 is 3. The zero-order valence-corrected chi connectivity index (χ0v) is 11.9. The van der Waals surface area contributed by atoms with E-state index in [1.165, 1.54) is 12.8 Å². The van der Waals surface area contributed by atoms with Crippen molar-refractivity contribution in [2.75, 3.05) is 26.6 Å². The molecule has 0 radical (unpaired) electrons. The highest BCUT2D eigenvalue weighted by molar-refractivity contribution is 5.59. The highest BCUT2D eigenvalue weighted by Crippen LogP contribution is 2.32. The third kappa shape index (κ3) is 3.53. The molecule has 1 aromatic carbocycles. The fraction of sp³-hybridized carbons (Fsp3) is 0.600. The van der Waals surface area contributed by atoms with Crippen molar-refractivity contribution < 1.29 is 14.2 Å². The summed E-state index contributed by atoms with van der Waals surface area (Å²) in [6.45, 7) is 0. The second kappa shape index (κ2) is 6.66. The molecule has 0 spiro atoms. The van der Waals surface area contributed by atoms with Crippen LogP contribution in [-0.2, 0) is 4.74 Å². The first-order valence-corrected chi connectivity index (χ1v) is 6.78. The second-order valence-electron chi connectivity index (χ2n) is 4.93. The molecule has 0 bridgehead atoms. The third-order valence-electron chi connectivity index (χ3n) is 3.73. The van der Waals surface area contributed by atoms with Crippen LogP contribution in [0.4, 0.5) is 5.69 Å². The van der Waals surface area contributed by atoms with Crippen LogP contribution in [0.1, 0.15) is 25.7 Å². The molecule has 2 atom stereocenters. The van der Waals surface area contributed by atoms with Crippen molar-refractivity contribution in [3.63, 3.8) is 0 Å². The van der Waals surface area contributed by atoms with Crippen molar-refractivity contribution in [1.29, 1.82) is 0 Å². The molecule has 0 amide bonds. The van der Waals surface area contributed by atoms with Crippen molar-refractivity contribution in [2.45, 2.75) is 37.8 Å². The van der Waals surface area contributed by atoms with Gasteiger partial charge in [0, 0.05) is 19.2 Å². The molecule has 2 unspecified atom stereocenters. The molecular formula is C15H23NO3. The molecule has 4 nitrogen and oxygen atoms in total. The molecule has 0 heterocycles. The Labute approximate surface area is 115 Å². The summed E-state index contributed by atoms with van der Waals surface area (Å²) < 4.78 is 16.1. The molecule has 1 saturated carbocycles. The molecular weight excluding hydrogens is 242 g/mol. The lowest BCUT2D eigenvalue weighted by molar-refractivity contribution is 0.0669. The molecule has 4 heteroatoms. The zero-order valence-electron chi connectivity index (χ0n) is 11.9. The third-order valence-corrected chi connectivity index (χ3v) is 3.73. The maximum absolute atomic E-state index is 5.46. The Morgan fingerprint density at radius 1 is 1.11 bits per heavy atom. The Morgan fingerprint density at radius 3 is 2.63 bits per heavy atom. The van der Waals surface area contributed by atoms with Gasteiger partial charge in [-0.1, -0.05) is 0 Å². The molecule has 1 aliphatic carbocycles. The number of rotatable bonds is 5. The molecule has 106 valence electrons. The molecule has 1 aliphatic rings. The van der Waals surface area contributed by atoms with E-state index in [0.717, 1.165) is 30.0 Å². The lowest BCUT2D eigenvalue weighted by atomic mass is 9.92. The summed E-state index contributed by atoms with van der Waals surface area (Å²) in [5.41, 5.74) is 1.02. The number of hydrogen-bond donors (Lipinski definition) is 1. The van der Waals surface area contributed by atoms with Gasteiger partial charge in [0.1, 0.15) is 11.5 Å². The van der Waals surface area contributed by atoms with Crippen molar-refractivity contribution >= 4 is 5.69 Å². The highest BCUT2D eigenvalue weighted by atomic mass is 16.5. The van der Waals surface area contributed by atoms with E-state index >= 15 is 0 Å². The summed E-state index contributed by atoms with van der Waals surface area (Å²) in [4.78, 5) is 0. The first-order valence-electron chi connectivity index (χ1n) is 6.78. The van der Waals surface area contributed by atoms with E-state index in [9.17, 15) is 0 Å². The Balaban J connectivity index is 2.05. The molecule has 19 heavy (non-hydrogen) atoms. The van der Waals surface area contributed by atoms with E-state index in [1.807, 2.05) is 18.2 Å². The minimum atomic E-state index is 0.371. The maximum atomic E-state index is 5.46. The van der Waals surface area contributed by atoms with Crippen LogP contribution in [-0.4, -0.2) is 33.5 Å². The Hall–Kier alpha value is -1.42. The standard InChI is InChI=1S/C15H23NO3/c1-17-12-6-4-5-11(9-12)16-14-8-7-13(18-2)10-15(14)19-3/h7-8,10-12,16H,4-6,9H2,1-3H3. The molecule has 1 N–H and O–H groups in total. The van der Waals surface area contributed by atoms with Gasteiger partial charge in [-0.2, -0.15) is 0 Å². The molecule has 1 aromatic rings. The van der Waals surface area contributed by atoms with Crippen LogP contribution in [0.15, 0.2) is 18.2 Å². The summed E-state index contributed by atoms with van der Waals surface area (Å²) in [5.74, 6) is 1.62. The zero-order chi connectivity index (χ0) is 13.7. The lowest BCUT2D eigenvalue weighted by Crippen LogP contribution is -2.31. The van der Waals surface area contributed by atoms with Crippen LogP contribution in [0.5, 0.6) is 11.5 Å². The van der Waals surface area contributed by atoms with Crippen molar-refractivity contribution in [2.24, 2.45) is 0 Å². The summed E-state index contributed by atoms with van der Waals surface area (Å²) in [6.07, 6.45) is 4.96. The number of ether oxygens (including phenoxy) is 3. The van der Waals surface area contributed by atoms with Gasteiger partial charge in [0.15, 0.2) is 0 Å². The van der Waals surface area contributed by atoms with Gasteiger partial charge in [-0.25, -0.2) is 0 Å². The highest BCUT2D eigenvalue weighted by Gasteiger charge is 2.22. The van der Waals surface area contributed by atoms with Crippen LogP contribution >= 0.6 is 0 Å². The fourth-order valence-electron chi connectivity index (χ4n) is 2.63. The van der Waals surface area contributed by atoms with Crippen LogP contribution in [0.3, 0.4) is 0 Å². The van der Waals surface area contributed by atoms with E-state index in [2.05, 4.69) is 5.32 Å². The van der Waals surface area contributed by atoms with Crippen molar-refractivity contribution in [3.8, 4) is 11.5 Å². The molecule has 2 rings (SSSR count). The monoisotopic (exact) mass is 265 g/mol. The topological polar surface area (TPSA) is 39.7 Å². The van der Waals surface area contributed by atoms with Crippen LogP contribution < -0.4 is 14.8 Å². The Kier molecular flexibility index (Phi) is 4.91. The predicted octanol–water partition coefficient (Wildman–Crippen LogP) is 3.07. The Bertz CT molecular complexity index is 408. The van der Waals surface area contributed by atoms with E-state index in [1.54, 1.807) is 21.3 Å². The van der Waals surface area contributed by atoms with Crippen LogP contribution in [0, 0.1) is 0 Å². The number of nitrogens with one attached hydrogen (secondary N) is 1. The molecule has 1 fully saturated rings. The first kappa shape index (κ1) is 14.0. The van der Waals surface area contributed by atoms with E-state index < -0.39 is 0 Å².